The van der Waals surface area contributed by atoms with Crippen molar-refractivity contribution in [3.63, 3.8) is 0 Å². The van der Waals surface area contributed by atoms with E-state index < -0.39 is 0 Å². The van der Waals surface area contributed by atoms with Crippen LogP contribution >= 0.6 is 11.5 Å². The molecule has 0 aliphatic heterocycles. The fraction of sp³-hybridized carbons (Fsp3) is 0.500. The zero-order valence-electron chi connectivity index (χ0n) is 6.72. The average molecular weight is 166 g/mol. The maximum atomic E-state index is 8.73. The minimum absolute atomic E-state index is 0.789. The molecule has 1 aromatic rings. The maximum absolute atomic E-state index is 8.73. The van der Waals surface area contributed by atoms with Gasteiger partial charge in [0.05, 0.1) is 11.3 Å². The van der Waals surface area contributed by atoms with E-state index in [-0.39, 0.29) is 0 Å². The van der Waals surface area contributed by atoms with Gasteiger partial charge in [-0.05, 0) is 24.9 Å². The van der Waals surface area contributed by atoms with Crippen molar-refractivity contribution in [2.24, 2.45) is 0 Å². The van der Waals surface area contributed by atoms with Crippen molar-refractivity contribution in [3.8, 4) is 6.07 Å². The van der Waals surface area contributed by atoms with Crippen molar-refractivity contribution >= 4 is 11.5 Å². The summed E-state index contributed by atoms with van der Waals surface area (Å²) in [4.78, 5) is 1.13. The molecule has 0 N–H and O–H groups in total. The lowest BCUT2D eigenvalue weighted by Crippen LogP contribution is -1.83. The molecule has 2 nitrogen and oxygen atoms in total. The smallest absolute Gasteiger partial charge is 0.102 e. The SMILES string of the molecule is CCCc1snc(C)c1C#N. The van der Waals surface area contributed by atoms with Gasteiger partial charge in [0, 0.05) is 4.88 Å². The monoisotopic (exact) mass is 166 g/mol. The largest absolute Gasteiger partial charge is 0.196 e. The Balaban J connectivity index is 2.98. The third-order valence-corrected chi connectivity index (χ3v) is 2.52. The Hall–Kier alpha value is -0.880. The second-order valence-electron chi connectivity index (χ2n) is 2.43. The molecule has 0 spiro atoms. The Morgan fingerprint density at radius 1 is 1.64 bits per heavy atom. The van der Waals surface area contributed by atoms with Crippen LogP contribution in [0.2, 0.25) is 0 Å². The minimum atomic E-state index is 0.789. The number of aryl methyl sites for hydroxylation is 2. The lowest BCUT2D eigenvalue weighted by atomic mass is 10.2. The van der Waals surface area contributed by atoms with E-state index in [4.69, 9.17) is 5.26 Å². The van der Waals surface area contributed by atoms with Crippen molar-refractivity contribution in [1.82, 2.24) is 4.37 Å². The molecule has 0 bridgehead atoms. The lowest BCUT2D eigenvalue weighted by Gasteiger charge is -1.90. The molecule has 3 heteroatoms. The van der Waals surface area contributed by atoms with Crippen molar-refractivity contribution in [3.05, 3.63) is 16.1 Å². The van der Waals surface area contributed by atoms with Crippen molar-refractivity contribution in [2.45, 2.75) is 26.7 Å². The van der Waals surface area contributed by atoms with Crippen LogP contribution in [0, 0.1) is 18.3 Å². The summed E-state index contributed by atoms with van der Waals surface area (Å²) in [5.74, 6) is 0. The Morgan fingerprint density at radius 3 is 2.91 bits per heavy atom. The molecule has 0 unspecified atom stereocenters. The number of hydrogen-bond donors (Lipinski definition) is 0. The molecule has 0 atom stereocenters. The third-order valence-electron chi connectivity index (χ3n) is 1.52. The number of nitrogens with zero attached hydrogens (tertiary/aromatic N) is 2. The summed E-state index contributed by atoms with van der Waals surface area (Å²) >= 11 is 1.45. The summed E-state index contributed by atoms with van der Waals surface area (Å²) in [6.07, 6.45) is 2.06. The minimum Gasteiger partial charge on any atom is -0.196 e. The molecule has 0 aromatic carbocycles. The van der Waals surface area contributed by atoms with Crippen LogP contribution in [0.3, 0.4) is 0 Å². The average Bonchev–Trinajstić information content (AvgIpc) is 2.33. The first-order valence-corrected chi connectivity index (χ1v) is 4.42. The van der Waals surface area contributed by atoms with Crippen LogP contribution in [-0.4, -0.2) is 4.37 Å². The highest BCUT2D eigenvalue weighted by Gasteiger charge is 2.07. The van der Waals surface area contributed by atoms with Crippen molar-refractivity contribution in [2.75, 3.05) is 0 Å². The zero-order valence-corrected chi connectivity index (χ0v) is 7.53. The molecule has 0 fully saturated rings. The first kappa shape index (κ1) is 8.22. The van der Waals surface area contributed by atoms with E-state index in [9.17, 15) is 0 Å². The highest BCUT2D eigenvalue weighted by molar-refractivity contribution is 7.06. The molecular weight excluding hydrogens is 156 g/mol. The Kier molecular flexibility index (Phi) is 2.61. The van der Waals surface area contributed by atoms with Crippen molar-refractivity contribution in [1.29, 1.82) is 5.26 Å². The fourth-order valence-corrected chi connectivity index (χ4v) is 1.88. The van der Waals surface area contributed by atoms with Crippen molar-refractivity contribution < 1.29 is 0 Å². The number of aromatic nitrogens is 1. The summed E-state index contributed by atoms with van der Waals surface area (Å²) < 4.78 is 4.13. The fourth-order valence-electron chi connectivity index (χ4n) is 0.958. The van der Waals surface area contributed by atoms with Gasteiger partial charge in [-0.2, -0.15) is 9.64 Å². The molecule has 1 rings (SSSR count). The van der Waals surface area contributed by atoms with E-state index in [1.54, 1.807) is 0 Å². The van der Waals surface area contributed by atoms with Gasteiger partial charge in [-0.25, -0.2) is 0 Å². The van der Waals surface area contributed by atoms with Crippen LogP contribution in [0.25, 0.3) is 0 Å². The second kappa shape index (κ2) is 3.49. The first-order valence-electron chi connectivity index (χ1n) is 3.64. The van der Waals surface area contributed by atoms with E-state index in [0.717, 1.165) is 29.0 Å². The van der Waals surface area contributed by atoms with Crippen LogP contribution < -0.4 is 0 Å². The standard InChI is InChI=1S/C8H10N2S/c1-3-4-8-7(5-9)6(2)10-11-8/h3-4H2,1-2H3. The van der Waals surface area contributed by atoms with E-state index in [0.29, 0.717) is 0 Å². The maximum Gasteiger partial charge on any atom is 0.102 e. The van der Waals surface area contributed by atoms with E-state index >= 15 is 0 Å². The molecule has 0 saturated heterocycles. The summed E-state index contributed by atoms with van der Waals surface area (Å²) in [5, 5.41) is 8.73. The molecule has 0 radical (unpaired) electrons. The quantitative estimate of drug-likeness (QED) is 0.675. The summed E-state index contributed by atoms with van der Waals surface area (Å²) in [7, 11) is 0. The normalized spacial score (nSPS) is 9.55. The zero-order chi connectivity index (χ0) is 8.27. The highest BCUT2D eigenvalue weighted by Crippen LogP contribution is 2.18. The van der Waals surface area contributed by atoms with Gasteiger partial charge in [-0.15, -0.1) is 0 Å². The van der Waals surface area contributed by atoms with E-state index in [1.807, 2.05) is 6.92 Å². The first-order chi connectivity index (χ1) is 5.29. The van der Waals surface area contributed by atoms with Crippen LogP contribution in [0.4, 0.5) is 0 Å². The van der Waals surface area contributed by atoms with Gasteiger partial charge in [-0.1, -0.05) is 13.3 Å². The molecule has 0 aliphatic rings. The number of nitriles is 1. The molecule has 0 aliphatic carbocycles. The van der Waals surface area contributed by atoms with Gasteiger partial charge in [0.2, 0.25) is 0 Å². The number of rotatable bonds is 2. The van der Waals surface area contributed by atoms with Gasteiger partial charge in [-0.3, -0.25) is 0 Å². The molecular formula is C8H10N2S. The van der Waals surface area contributed by atoms with Gasteiger partial charge in [0.25, 0.3) is 0 Å². The molecule has 1 aromatic heterocycles. The van der Waals surface area contributed by atoms with E-state index in [1.165, 1.54) is 11.5 Å². The summed E-state index contributed by atoms with van der Waals surface area (Å²) in [5.41, 5.74) is 1.66. The Labute approximate surface area is 70.6 Å². The van der Waals surface area contributed by atoms with Crippen LogP contribution in [-0.2, 0) is 6.42 Å². The lowest BCUT2D eigenvalue weighted by molar-refractivity contribution is 0.936. The Morgan fingerprint density at radius 2 is 2.36 bits per heavy atom. The molecule has 0 amide bonds. The van der Waals surface area contributed by atoms with Gasteiger partial charge in [0.1, 0.15) is 6.07 Å². The molecule has 11 heavy (non-hydrogen) atoms. The van der Waals surface area contributed by atoms with Crippen LogP contribution in [0.15, 0.2) is 0 Å². The van der Waals surface area contributed by atoms with Gasteiger partial charge in [0.15, 0.2) is 0 Å². The summed E-state index contributed by atoms with van der Waals surface area (Å²) in [6.45, 7) is 3.99. The van der Waals surface area contributed by atoms with E-state index in [2.05, 4.69) is 17.4 Å². The third kappa shape index (κ3) is 1.58. The van der Waals surface area contributed by atoms with Crippen LogP contribution in [0.5, 0.6) is 0 Å². The predicted molar refractivity (Wildman–Crippen MR) is 45.6 cm³/mol. The molecule has 58 valence electrons. The Bertz CT molecular complexity index is 283. The second-order valence-corrected chi connectivity index (χ2v) is 3.29. The highest BCUT2D eigenvalue weighted by atomic mass is 32.1. The summed E-state index contributed by atoms with van der Waals surface area (Å²) in [6, 6.07) is 2.18. The topological polar surface area (TPSA) is 36.7 Å². The predicted octanol–water partition coefficient (Wildman–Crippen LogP) is 2.28. The van der Waals surface area contributed by atoms with Crippen LogP contribution in [0.1, 0.15) is 29.5 Å². The van der Waals surface area contributed by atoms with Gasteiger partial charge < -0.3 is 0 Å². The molecule has 0 saturated carbocycles. The van der Waals surface area contributed by atoms with Gasteiger partial charge >= 0.3 is 0 Å². The molecule has 1 heterocycles. The number of hydrogen-bond acceptors (Lipinski definition) is 3.